The minimum atomic E-state index is -0.560. The fourth-order valence-corrected chi connectivity index (χ4v) is 5.19. The molecule has 0 saturated carbocycles. The highest BCUT2D eigenvalue weighted by Crippen LogP contribution is 2.51. The quantitative estimate of drug-likeness (QED) is 0.706. The molecule has 1 amide bonds. The first kappa shape index (κ1) is 19.8. The second-order valence-corrected chi connectivity index (χ2v) is 8.68. The molecule has 1 fully saturated rings. The van der Waals surface area contributed by atoms with E-state index in [0.717, 1.165) is 34.7 Å². The van der Waals surface area contributed by atoms with Crippen LogP contribution in [-0.4, -0.2) is 34.1 Å². The maximum Gasteiger partial charge on any atom is 0.238 e. The number of aryl methyl sites for hydroxylation is 1. The van der Waals surface area contributed by atoms with E-state index in [-0.39, 0.29) is 18.0 Å². The molecule has 5 rings (SSSR count). The maximum atomic E-state index is 14.0. The Morgan fingerprint density at radius 3 is 2.65 bits per heavy atom. The van der Waals surface area contributed by atoms with Gasteiger partial charge in [-0.15, -0.1) is 5.10 Å². The van der Waals surface area contributed by atoms with Crippen LogP contribution in [0.15, 0.2) is 54.7 Å². The van der Waals surface area contributed by atoms with Crippen LogP contribution in [0, 0.1) is 0 Å². The molecule has 3 heterocycles. The monoisotopic (exact) mass is 417 g/mol. The van der Waals surface area contributed by atoms with Crippen molar-refractivity contribution in [1.82, 2.24) is 20.3 Å². The number of nitrogens with one attached hydrogen (secondary N) is 1. The predicted molar refractivity (Wildman–Crippen MR) is 118 cm³/mol. The summed E-state index contributed by atoms with van der Waals surface area (Å²) in [6.45, 7) is 2.69. The number of ether oxygens (including phenoxy) is 1. The Morgan fingerprint density at radius 2 is 1.94 bits per heavy atom. The number of carbonyl (C=O) groups excluding carboxylic acids is 1. The lowest BCUT2D eigenvalue weighted by Crippen LogP contribution is -2.51. The number of methoxy groups -OCH3 is 1. The number of rotatable bonds is 4. The molecule has 31 heavy (non-hydrogen) atoms. The van der Waals surface area contributed by atoms with Crippen molar-refractivity contribution >= 4 is 11.6 Å². The highest BCUT2D eigenvalue weighted by atomic mass is 16.5. The van der Waals surface area contributed by atoms with Crippen molar-refractivity contribution in [3.63, 3.8) is 0 Å². The molecule has 0 aliphatic carbocycles. The molecular formula is C24H27N5O2. The van der Waals surface area contributed by atoms with Crippen LogP contribution < -0.4 is 15.0 Å². The molecule has 1 spiro atoms. The van der Waals surface area contributed by atoms with Gasteiger partial charge in [0, 0.05) is 25.0 Å². The molecule has 0 unspecified atom stereocenters. The molecule has 0 bridgehead atoms. The van der Waals surface area contributed by atoms with Crippen LogP contribution in [-0.2, 0) is 23.8 Å². The summed E-state index contributed by atoms with van der Waals surface area (Å²) in [6, 6.07) is 16.3. The fourth-order valence-electron chi connectivity index (χ4n) is 5.19. The zero-order valence-corrected chi connectivity index (χ0v) is 18.1. The van der Waals surface area contributed by atoms with Crippen molar-refractivity contribution in [2.45, 2.75) is 43.8 Å². The number of hydrogen-bond acceptors (Lipinski definition) is 5. The summed E-state index contributed by atoms with van der Waals surface area (Å²) in [5, 5.41) is 12.1. The molecule has 2 aromatic carbocycles. The number of fused-ring (bicyclic) bond motifs is 2. The number of para-hydroxylation sites is 1. The third-order valence-corrected chi connectivity index (χ3v) is 6.54. The molecule has 3 atom stereocenters. The largest absolute Gasteiger partial charge is 0.497 e. The van der Waals surface area contributed by atoms with Gasteiger partial charge in [0.05, 0.1) is 30.8 Å². The van der Waals surface area contributed by atoms with Crippen molar-refractivity contribution in [2.24, 2.45) is 7.05 Å². The Bertz CT molecular complexity index is 1110. The molecule has 1 aromatic heterocycles. The van der Waals surface area contributed by atoms with E-state index < -0.39 is 5.41 Å². The van der Waals surface area contributed by atoms with Crippen LogP contribution in [0.4, 0.5) is 5.69 Å². The summed E-state index contributed by atoms with van der Waals surface area (Å²) < 4.78 is 6.99. The average molecular weight is 418 g/mol. The molecule has 0 radical (unpaired) electrons. The molecular weight excluding hydrogens is 390 g/mol. The second kappa shape index (κ2) is 7.50. The predicted octanol–water partition coefficient (Wildman–Crippen LogP) is 3.12. The first-order valence-corrected chi connectivity index (χ1v) is 10.7. The zero-order chi connectivity index (χ0) is 21.6. The SMILES string of the molecule is COc1ccc(CN2C(=O)[C@@]3(C[C@@H](c4cn(C)nn4)N[C@@H](C)C3)c3ccccc32)cc1. The highest BCUT2D eigenvalue weighted by molar-refractivity contribution is 6.08. The van der Waals surface area contributed by atoms with E-state index in [9.17, 15) is 4.79 Å². The molecule has 1 saturated heterocycles. The number of piperidine rings is 1. The van der Waals surface area contributed by atoms with Crippen molar-refractivity contribution < 1.29 is 9.53 Å². The Hall–Kier alpha value is -3.19. The van der Waals surface area contributed by atoms with Gasteiger partial charge in [0.15, 0.2) is 0 Å². The highest BCUT2D eigenvalue weighted by Gasteiger charge is 2.54. The van der Waals surface area contributed by atoms with E-state index in [1.54, 1.807) is 11.8 Å². The Kier molecular flexibility index (Phi) is 4.78. The van der Waals surface area contributed by atoms with E-state index in [4.69, 9.17) is 4.74 Å². The minimum Gasteiger partial charge on any atom is -0.497 e. The van der Waals surface area contributed by atoms with E-state index in [2.05, 4.69) is 34.7 Å². The maximum absolute atomic E-state index is 14.0. The van der Waals surface area contributed by atoms with Crippen LogP contribution in [0.2, 0.25) is 0 Å². The van der Waals surface area contributed by atoms with Crippen LogP contribution in [0.5, 0.6) is 5.75 Å². The Balaban J connectivity index is 1.52. The fraction of sp³-hybridized carbons (Fsp3) is 0.375. The number of benzene rings is 2. The standard InChI is InChI=1S/C24H27N5O2/c1-16-12-24(13-20(25-16)21-15-28(2)27-26-21)19-6-4-5-7-22(19)29(23(24)30)14-17-8-10-18(31-3)11-9-17/h4-11,15-16,20,25H,12-14H2,1-3H3/t16-,20-,24-/m0/s1. The van der Waals surface area contributed by atoms with Gasteiger partial charge in [-0.05, 0) is 49.1 Å². The van der Waals surface area contributed by atoms with Crippen LogP contribution in [0.3, 0.4) is 0 Å². The minimum absolute atomic E-state index is 0.0182. The van der Waals surface area contributed by atoms with Crippen molar-refractivity contribution in [2.75, 3.05) is 12.0 Å². The third kappa shape index (κ3) is 3.29. The lowest BCUT2D eigenvalue weighted by atomic mass is 9.69. The van der Waals surface area contributed by atoms with Crippen molar-refractivity contribution in [3.05, 3.63) is 71.5 Å². The third-order valence-electron chi connectivity index (χ3n) is 6.54. The van der Waals surface area contributed by atoms with Gasteiger partial charge in [0.1, 0.15) is 5.75 Å². The lowest BCUT2D eigenvalue weighted by molar-refractivity contribution is -0.125. The van der Waals surface area contributed by atoms with Gasteiger partial charge < -0.3 is 15.0 Å². The van der Waals surface area contributed by atoms with Crippen LogP contribution >= 0.6 is 0 Å². The van der Waals surface area contributed by atoms with Gasteiger partial charge >= 0.3 is 0 Å². The van der Waals surface area contributed by atoms with Gasteiger partial charge in [0.2, 0.25) is 5.91 Å². The normalized spacial score (nSPS) is 25.1. The summed E-state index contributed by atoms with van der Waals surface area (Å²) in [6.07, 6.45) is 3.37. The molecule has 1 N–H and O–H groups in total. The molecule has 7 nitrogen and oxygen atoms in total. The van der Waals surface area contributed by atoms with Gasteiger partial charge in [0.25, 0.3) is 0 Å². The Morgan fingerprint density at radius 1 is 1.16 bits per heavy atom. The van der Waals surface area contributed by atoms with E-state index in [1.807, 2.05) is 54.5 Å². The number of anilines is 1. The van der Waals surface area contributed by atoms with Gasteiger partial charge in [-0.2, -0.15) is 0 Å². The van der Waals surface area contributed by atoms with Crippen LogP contribution in [0.1, 0.15) is 42.6 Å². The molecule has 2 aliphatic heterocycles. The smallest absolute Gasteiger partial charge is 0.238 e. The van der Waals surface area contributed by atoms with Crippen LogP contribution in [0.25, 0.3) is 0 Å². The average Bonchev–Trinajstić information content (AvgIpc) is 3.30. The summed E-state index contributed by atoms with van der Waals surface area (Å²) in [5.74, 6) is 0.985. The zero-order valence-electron chi connectivity index (χ0n) is 18.1. The lowest BCUT2D eigenvalue weighted by Gasteiger charge is -2.40. The van der Waals surface area contributed by atoms with Gasteiger partial charge in [-0.3, -0.25) is 9.48 Å². The topological polar surface area (TPSA) is 72.3 Å². The molecule has 2 aliphatic rings. The first-order valence-electron chi connectivity index (χ1n) is 10.7. The summed E-state index contributed by atoms with van der Waals surface area (Å²) in [5.41, 5.74) is 3.53. The Labute approximate surface area is 182 Å². The molecule has 3 aromatic rings. The summed E-state index contributed by atoms with van der Waals surface area (Å²) in [4.78, 5) is 16.0. The van der Waals surface area contributed by atoms with E-state index in [0.29, 0.717) is 13.0 Å². The van der Waals surface area contributed by atoms with Crippen molar-refractivity contribution in [1.29, 1.82) is 0 Å². The number of aromatic nitrogens is 3. The van der Waals surface area contributed by atoms with Crippen molar-refractivity contribution in [3.8, 4) is 5.75 Å². The number of amides is 1. The summed E-state index contributed by atoms with van der Waals surface area (Å²) >= 11 is 0. The second-order valence-electron chi connectivity index (χ2n) is 8.68. The molecule has 7 heteroatoms. The molecule has 160 valence electrons. The first-order chi connectivity index (χ1) is 15.0. The van der Waals surface area contributed by atoms with Gasteiger partial charge in [-0.1, -0.05) is 35.5 Å². The number of carbonyl (C=O) groups is 1. The number of nitrogens with zero attached hydrogens (tertiary/aromatic N) is 4. The van der Waals surface area contributed by atoms with E-state index in [1.165, 1.54) is 0 Å². The summed E-state index contributed by atoms with van der Waals surface area (Å²) in [7, 11) is 3.52. The van der Waals surface area contributed by atoms with E-state index >= 15 is 0 Å². The van der Waals surface area contributed by atoms with Gasteiger partial charge in [-0.25, -0.2) is 0 Å². The number of hydrogen-bond donors (Lipinski definition) is 1.